The molecule has 2 aromatic rings. The van der Waals surface area contributed by atoms with Crippen LogP contribution in [0.1, 0.15) is 15.9 Å². The molecule has 0 aliphatic heterocycles. The fourth-order valence-corrected chi connectivity index (χ4v) is 2.33. The second kappa shape index (κ2) is 6.50. The summed E-state index contributed by atoms with van der Waals surface area (Å²) < 4.78 is 4.73. The molecule has 0 amide bonds. The molecule has 2 rings (SSSR count). The van der Waals surface area contributed by atoms with E-state index in [0.29, 0.717) is 22.8 Å². The van der Waals surface area contributed by atoms with E-state index in [4.69, 9.17) is 22.1 Å². The maximum Gasteiger partial charge on any atom is 0.337 e. The molecule has 0 atom stereocenters. The van der Waals surface area contributed by atoms with Gasteiger partial charge in [0.2, 0.25) is 0 Å². The Bertz CT molecular complexity index is 658. The summed E-state index contributed by atoms with van der Waals surface area (Å²) in [4.78, 5) is 13.6. The normalized spacial score (nSPS) is 10.2. The van der Waals surface area contributed by atoms with Crippen LogP contribution in [0.25, 0.3) is 0 Å². The highest BCUT2D eigenvalue weighted by atomic mass is 35.5. The molecule has 5 heteroatoms. The minimum Gasteiger partial charge on any atom is -0.465 e. The molecule has 0 heterocycles. The Morgan fingerprint density at radius 1 is 1.29 bits per heavy atom. The molecule has 0 saturated carbocycles. The lowest BCUT2D eigenvalue weighted by Gasteiger charge is -2.22. The zero-order chi connectivity index (χ0) is 15.4. The van der Waals surface area contributed by atoms with Gasteiger partial charge in [-0.15, -0.1) is 0 Å². The quantitative estimate of drug-likeness (QED) is 0.695. The van der Waals surface area contributed by atoms with Crippen molar-refractivity contribution in [2.45, 2.75) is 6.54 Å². The zero-order valence-corrected chi connectivity index (χ0v) is 12.7. The number of benzene rings is 2. The highest BCUT2D eigenvalue weighted by molar-refractivity contribution is 6.30. The highest BCUT2D eigenvalue weighted by Gasteiger charge is 2.12. The van der Waals surface area contributed by atoms with E-state index in [-0.39, 0.29) is 5.97 Å². The van der Waals surface area contributed by atoms with Gasteiger partial charge in [-0.05, 0) is 35.9 Å². The molecule has 2 aromatic carbocycles. The van der Waals surface area contributed by atoms with Gasteiger partial charge >= 0.3 is 5.97 Å². The predicted molar refractivity (Wildman–Crippen MR) is 85.8 cm³/mol. The standard InChI is InChI=1S/C16H17ClN2O2/c1-19(10-11-4-3-5-13(17)8-11)15-9-12(16(20)21-2)6-7-14(15)18/h3-9H,10,18H2,1-2H3. The number of ether oxygens (including phenoxy) is 1. The third kappa shape index (κ3) is 3.67. The van der Waals surface area contributed by atoms with Crippen molar-refractivity contribution in [3.05, 3.63) is 58.6 Å². The summed E-state index contributed by atoms with van der Waals surface area (Å²) in [5.41, 5.74) is 8.91. The topological polar surface area (TPSA) is 55.6 Å². The Balaban J connectivity index is 2.26. The maximum atomic E-state index is 11.6. The van der Waals surface area contributed by atoms with Gasteiger partial charge in [-0.1, -0.05) is 23.7 Å². The van der Waals surface area contributed by atoms with Crippen LogP contribution < -0.4 is 10.6 Å². The second-order valence-corrected chi connectivity index (χ2v) is 5.19. The number of nitrogens with two attached hydrogens (primary N) is 1. The highest BCUT2D eigenvalue weighted by Crippen LogP contribution is 2.26. The minimum absolute atomic E-state index is 0.382. The average molecular weight is 305 g/mol. The van der Waals surface area contributed by atoms with Crippen LogP contribution in [0.2, 0.25) is 5.02 Å². The summed E-state index contributed by atoms with van der Waals surface area (Å²) >= 11 is 5.99. The van der Waals surface area contributed by atoms with Gasteiger partial charge in [-0.2, -0.15) is 0 Å². The lowest BCUT2D eigenvalue weighted by molar-refractivity contribution is 0.0601. The predicted octanol–water partition coefficient (Wildman–Crippen LogP) is 3.35. The fraction of sp³-hybridized carbons (Fsp3) is 0.188. The summed E-state index contributed by atoms with van der Waals surface area (Å²) in [5.74, 6) is -0.382. The van der Waals surface area contributed by atoms with Crippen LogP contribution >= 0.6 is 11.6 Å². The van der Waals surface area contributed by atoms with Gasteiger partial charge in [0.15, 0.2) is 0 Å². The molecule has 110 valence electrons. The number of anilines is 2. The molecule has 21 heavy (non-hydrogen) atoms. The third-order valence-electron chi connectivity index (χ3n) is 3.17. The summed E-state index contributed by atoms with van der Waals surface area (Å²) in [7, 11) is 3.27. The van der Waals surface area contributed by atoms with E-state index in [1.165, 1.54) is 7.11 Å². The molecule has 0 unspecified atom stereocenters. The first-order valence-corrected chi connectivity index (χ1v) is 6.82. The van der Waals surface area contributed by atoms with E-state index in [1.54, 1.807) is 18.2 Å². The molecule has 0 radical (unpaired) electrons. The van der Waals surface area contributed by atoms with Crippen molar-refractivity contribution in [1.29, 1.82) is 0 Å². The Morgan fingerprint density at radius 3 is 2.71 bits per heavy atom. The van der Waals surface area contributed by atoms with Gasteiger partial charge in [0.25, 0.3) is 0 Å². The number of carbonyl (C=O) groups excluding carboxylic acids is 1. The molecular formula is C16H17ClN2O2. The number of rotatable bonds is 4. The molecule has 0 saturated heterocycles. The Labute approximate surface area is 129 Å². The van der Waals surface area contributed by atoms with Gasteiger partial charge in [0, 0.05) is 18.6 Å². The van der Waals surface area contributed by atoms with Gasteiger partial charge in [-0.25, -0.2) is 4.79 Å². The van der Waals surface area contributed by atoms with Crippen molar-refractivity contribution in [3.63, 3.8) is 0 Å². The van der Waals surface area contributed by atoms with Crippen LogP contribution in [0, 0.1) is 0 Å². The first-order valence-electron chi connectivity index (χ1n) is 6.44. The van der Waals surface area contributed by atoms with E-state index in [9.17, 15) is 4.79 Å². The number of nitrogen functional groups attached to an aromatic ring is 1. The molecule has 0 aromatic heterocycles. The Morgan fingerprint density at radius 2 is 2.05 bits per heavy atom. The van der Waals surface area contributed by atoms with Crippen molar-refractivity contribution in [2.75, 3.05) is 24.8 Å². The molecule has 0 fully saturated rings. The Kier molecular flexibility index (Phi) is 4.70. The van der Waals surface area contributed by atoms with E-state index in [1.807, 2.05) is 36.2 Å². The Hall–Kier alpha value is -2.20. The van der Waals surface area contributed by atoms with E-state index in [2.05, 4.69) is 0 Å². The summed E-state index contributed by atoms with van der Waals surface area (Å²) in [6.07, 6.45) is 0. The van der Waals surface area contributed by atoms with Crippen molar-refractivity contribution < 1.29 is 9.53 Å². The number of nitrogens with zero attached hydrogens (tertiary/aromatic N) is 1. The van der Waals surface area contributed by atoms with Gasteiger partial charge in [0.05, 0.1) is 24.0 Å². The molecule has 2 N–H and O–H groups in total. The summed E-state index contributed by atoms with van der Waals surface area (Å²) in [6.45, 7) is 0.634. The number of halogens is 1. The minimum atomic E-state index is -0.382. The van der Waals surface area contributed by atoms with Crippen LogP contribution in [0.15, 0.2) is 42.5 Å². The third-order valence-corrected chi connectivity index (χ3v) is 3.41. The number of carbonyl (C=O) groups is 1. The fourth-order valence-electron chi connectivity index (χ4n) is 2.11. The van der Waals surface area contributed by atoms with Crippen molar-refractivity contribution in [3.8, 4) is 0 Å². The largest absolute Gasteiger partial charge is 0.465 e. The average Bonchev–Trinajstić information content (AvgIpc) is 2.46. The number of esters is 1. The van der Waals surface area contributed by atoms with Crippen molar-refractivity contribution >= 4 is 28.9 Å². The SMILES string of the molecule is COC(=O)c1ccc(N)c(N(C)Cc2cccc(Cl)c2)c1. The smallest absolute Gasteiger partial charge is 0.337 e. The zero-order valence-electron chi connectivity index (χ0n) is 12.0. The molecule has 0 aliphatic carbocycles. The number of hydrogen-bond acceptors (Lipinski definition) is 4. The lowest BCUT2D eigenvalue weighted by atomic mass is 10.1. The molecule has 0 bridgehead atoms. The maximum absolute atomic E-state index is 11.6. The van der Waals surface area contributed by atoms with E-state index >= 15 is 0 Å². The second-order valence-electron chi connectivity index (χ2n) is 4.75. The summed E-state index contributed by atoms with van der Waals surface area (Å²) in [6, 6.07) is 12.7. The van der Waals surface area contributed by atoms with Crippen molar-refractivity contribution in [1.82, 2.24) is 0 Å². The molecular weight excluding hydrogens is 288 g/mol. The molecule has 4 nitrogen and oxygen atoms in total. The van der Waals surface area contributed by atoms with Gasteiger partial charge in [0.1, 0.15) is 0 Å². The van der Waals surface area contributed by atoms with E-state index in [0.717, 1.165) is 11.3 Å². The first kappa shape index (κ1) is 15.2. The number of hydrogen-bond donors (Lipinski definition) is 1. The van der Waals surface area contributed by atoms with Crippen LogP contribution in [-0.2, 0) is 11.3 Å². The van der Waals surface area contributed by atoms with Crippen LogP contribution in [0.4, 0.5) is 11.4 Å². The first-order chi connectivity index (χ1) is 10.0. The van der Waals surface area contributed by atoms with Crippen LogP contribution in [0.5, 0.6) is 0 Å². The van der Waals surface area contributed by atoms with Crippen LogP contribution in [-0.4, -0.2) is 20.1 Å². The number of methoxy groups -OCH3 is 1. The molecule has 0 aliphatic rings. The van der Waals surface area contributed by atoms with E-state index < -0.39 is 0 Å². The van der Waals surface area contributed by atoms with Crippen molar-refractivity contribution in [2.24, 2.45) is 0 Å². The van der Waals surface area contributed by atoms with Gasteiger partial charge in [-0.3, -0.25) is 0 Å². The lowest BCUT2D eigenvalue weighted by Crippen LogP contribution is -2.18. The van der Waals surface area contributed by atoms with Crippen LogP contribution in [0.3, 0.4) is 0 Å². The summed E-state index contributed by atoms with van der Waals surface area (Å²) in [5, 5.41) is 0.692. The molecule has 0 spiro atoms. The monoisotopic (exact) mass is 304 g/mol. The van der Waals surface area contributed by atoms with Gasteiger partial charge < -0.3 is 15.4 Å².